The summed E-state index contributed by atoms with van der Waals surface area (Å²) in [7, 11) is 3.70. The summed E-state index contributed by atoms with van der Waals surface area (Å²) < 4.78 is 11.2. The Bertz CT molecular complexity index is 399. The van der Waals surface area contributed by atoms with Crippen molar-refractivity contribution in [2.24, 2.45) is 0 Å². The topological polar surface area (TPSA) is 60.2 Å². The molecule has 1 fully saturated rings. The molecule has 1 aliphatic carbocycles. The predicted octanol–water partition coefficient (Wildman–Crippen LogP) is 2.59. The largest absolute Gasteiger partial charge is 0.370 e. The lowest BCUT2D eigenvalue weighted by Crippen LogP contribution is -2.29. The van der Waals surface area contributed by atoms with E-state index in [-0.39, 0.29) is 11.5 Å². The molecule has 19 heavy (non-hydrogen) atoms. The minimum atomic E-state index is -0.317. The van der Waals surface area contributed by atoms with Crippen molar-refractivity contribution in [2.45, 2.75) is 63.5 Å². The molecule has 5 nitrogen and oxygen atoms in total. The SMILES string of the molecule is CCC(c1nc(C2(OC)CCCC2)no1)C(C)NC. The van der Waals surface area contributed by atoms with Gasteiger partial charge in [-0.2, -0.15) is 4.98 Å². The molecule has 5 heteroatoms. The van der Waals surface area contributed by atoms with Gasteiger partial charge in [-0.25, -0.2) is 0 Å². The first-order chi connectivity index (χ1) is 9.16. The second-order valence-corrected chi connectivity index (χ2v) is 5.45. The highest BCUT2D eigenvalue weighted by Gasteiger charge is 2.40. The standard InChI is InChI=1S/C14H25N3O2/c1-5-11(10(2)15-3)12-16-13(17-19-12)14(18-4)8-6-7-9-14/h10-11,15H,5-9H2,1-4H3. The van der Waals surface area contributed by atoms with Gasteiger partial charge >= 0.3 is 0 Å². The van der Waals surface area contributed by atoms with Gasteiger partial charge in [0.25, 0.3) is 0 Å². The summed E-state index contributed by atoms with van der Waals surface area (Å²) in [6, 6.07) is 0.320. The van der Waals surface area contributed by atoms with Crippen LogP contribution in [-0.2, 0) is 10.3 Å². The number of methoxy groups -OCH3 is 1. The molecule has 1 saturated carbocycles. The van der Waals surface area contributed by atoms with Crippen molar-refractivity contribution in [3.8, 4) is 0 Å². The first-order valence-electron chi connectivity index (χ1n) is 7.23. The molecule has 0 bridgehead atoms. The number of likely N-dealkylation sites (N-methyl/N-ethyl adjacent to an activating group) is 1. The third-order valence-corrected chi connectivity index (χ3v) is 4.47. The number of rotatable bonds is 6. The second kappa shape index (κ2) is 6.01. The quantitative estimate of drug-likeness (QED) is 0.858. The highest BCUT2D eigenvalue weighted by Crippen LogP contribution is 2.40. The molecule has 1 aliphatic rings. The summed E-state index contributed by atoms with van der Waals surface area (Å²) in [6.45, 7) is 4.28. The molecule has 0 spiro atoms. The summed E-state index contributed by atoms with van der Waals surface area (Å²) in [6.07, 6.45) is 5.29. The maximum Gasteiger partial charge on any atom is 0.231 e. The van der Waals surface area contributed by atoms with E-state index >= 15 is 0 Å². The fraction of sp³-hybridized carbons (Fsp3) is 0.857. The molecule has 0 amide bonds. The Balaban J connectivity index is 2.22. The van der Waals surface area contributed by atoms with E-state index in [1.165, 1.54) is 12.8 Å². The Hall–Kier alpha value is -0.940. The lowest BCUT2D eigenvalue weighted by molar-refractivity contribution is -0.0178. The van der Waals surface area contributed by atoms with Crippen LogP contribution in [0, 0.1) is 0 Å². The second-order valence-electron chi connectivity index (χ2n) is 5.45. The number of nitrogens with one attached hydrogen (secondary N) is 1. The lowest BCUT2D eigenvalue weighted by Gasteiger charge is -2.23. The molecule has 1 aromatic heterocycles. The van der Waals surface area contributed by atoms with E-state index < -0.39 is 0 Å². The number of nitrogens with zero attached hydrogens (tertiary/aromatic N) is 2. The van der Waals surface area contributed by atoms with Crippen molar-refractivity contribution < 1.29 is 9.26 Å². The monoisotopic (exact) mass is 267 g/mol. The zero-order valence-electron chi connectivity index (χ0n) is 12.4. The predicted molar refractivity (Wildman–Crippen MR) is 73.0 cm³/mol. The van der Waals surface area contributed by atoms with Crippen LogP contribution < -0.4 is 5.32 Å². The minimum absolute atomic E-state index is 0.251. The smallest absolute Gasteiger partial charge is 0.231 e. The van der Waals surface area contributed by atoms with Gasteiger partial charge in [0.1, 0.15) is 5.60 Å². The zero-order valence-corrected chi connectivity index (χ0v) is 12.4. The summed E-state index contributed by atoms with van der Waals surface area (Å²) in [5, 5.41) is 7.45. The Morgan fingerprint density at radius 2 is 2.11 bits per heavy atom. The van der Waals surface area contributed by atoms with Gasteiger partial charge in [-0.05, 0) is 46.1 Å². The number of aromatic nitrogens is 2. The number of ether oxygens (including phenoxy) is 1. The maximum absolute atomic E-state index is 5.70. The van der Waals surface area contributed by atoms with Gasteiger partial charge < -0.3 is 14.6 Å². The van der Waals surface area contributed by atoms with Crippen LogP contribution >= 0.6 is 0 Å². The highest BCUT2D eigenvalue weighted by atomic mass is 16.5. The summed E-state index contributed by atoms with van der Waals surface area (Å²) in [4.78, 5) is 4.63. The maximum atomic E-state index is 5.70. The third-order valence-electron chi connectivity index (χ3n) is 4.47. The molecule has 1 heterocycles. The van der Waals surface area contributed by atoms with Crippen molar-refractivity contribution in [1.82, 2.24) is 15.5 Å². The van der Waals surface area contributed by atoms with Crippen LogP contribution in [-0.4, -0.2) is 30.3 Å². The molecule has 2 atom stereocenters. The summed E-state index contributed by atoms with van der Waals surface area (Å²) in [5.74, 6) is 1.70. The summed E-state index contributed by atoms with van der Waals surface area (Å²) >= 11 is 0. The van der Waals surface area contributed by atoms with E-state index in [0.29, 0.717) is 6.04 Å². The van der Waals surface area contributed by atoms with E-state index in [4.69, 9.17) is 9.26 Å². The van der Waals surface area contributed by atoms with Gasteiger partial charge in [0.2, 0.25) is 11.7 Å². The molecule has 0 aromatic carbocycles. The molecule has 2 rings (SSSR count). The van der Waals surface area contributed by atoms with E-state index in [9.17, 15) is 0 Å². The van der Waals surface area contributed by atoms with Crippen LogP contribution in [0.3, 0.4) is 0 Å². The molecule has 0 radical (unpaired) electrons. The minimum Gasteiger partial charge on any atom is -0.370 e. The Morgan fingerprint density at radius 1 is 1.42 bits per heavy atom. The zero-order chi connectivity index (χ0) is 13.9. The fourth-order valence-corrected chi connectivity index (χ4v) is 2.98. The normalized spacial score (nSPS) is 21.5. The van der Waals surface area contributed by atoms with Crippen LogP contribution in [0.25, 0.3) is 0 Å². The van der Waals surface area contributed by atoms with Crippen molar-refractivity contribution in [3.05, 3.63) is 11.7 Å². The molecule has 108 valence electrons. The van der Waals surface area contributed by atoms with Crippen LogP contribution in [0.1, 0.15) is 63.6 Å². The van der Waals surface area contributed by atoms with Crippen LogP contribution in [0.5, 0.6) is 0 Å². The van der Waals surface area contributed by atoms with Gasteiger partial charge in [0.05, 0.1) is 5.92 Å². The van der Waals surface area contributed by atoms with Crippen LogP contribution in [0.4, 0.5) is 0 Å². The molecular weight excluding hydrogens is 242 g/mol. The van der Waals surface area contributed by atoms with Crippen LogP contribution in [0.2, 0.25) is 0 Å². The van der Waals surface area contributed by atoms with Gasteiger partial charge in [0.15, 0.2) is 0 Å². The lowest BCUT2D eigenvalue weighted by atomic mass is 9.98. The van der Waals surface area contributed by atoms with Crippen molar-refractivity contribution in [3.63, 3.8) is 0 Å². The molecular formula is C14H25N3O2. The Kier molecular flexibility index (Phi) is 4.58. The Labute approximate surface area is 115 Å². The van der Waals surface area contributed by atoms with Crippen molar-refractivity contribution in [1.29, 1.82) is 0 Å². The van der Waals surface area contributed by atoms with E-state index in [2.05, 4.69) is 29.3 Å². The van der Waals surface area contributed by atoms with E-state index in [1.54, 1.807) is 7.11 Å². The first kappa shape index (κ1) is 14.5. The molecule has 0 aliphatic heterocycles. The van der Waals surface area contributed by atoms with Crippen LogP contribution in [0.15, 0.2) is 4.52 Å². The van der Waals surface area contributed by atoms with Gasteiger partial charge in [0, 0.05) is 13.2 Å². The van der Waals surface area contributed by atoms with Gasteiger partial charge in [-0.3, -0.25) is 0 Å². The van der Waals surface area contributed by atoms with E-state index in [1.807, 2.05) is 7.05 Å². The van der Waals surface area contributed by atoms with Crippen molar-refractivity contribution in [2.75, 3.05) is 14.2 Å². The average Bonchev–Trinajstić information content (AvgIpc) is 3.08. The molecule has 0 saturated heterocycles. The third kappa shape index (κ3) is 2.67. The number of hydrogen-bond acceptors (Lipinski definition) is 5. The molecule has 1 aromatic rings. The highest BCUT2D eigenvalue weighted by molar-refractivity contribution is 5.07. The van der Waals surface area contributed by atoms with Gasteiger partial charge in [-0.15, -0.1) is 0 Å². The van der Waals surface area contributed by atoms with Gasteiger partial charge in [-0.1, -0.05) is 12.1 Å². The number of hydrogen-bond donors (Lipinski definition) is 1. The fourth-order valence-electron chi connectivity index (χ4n) is 2.98. The van der Waals surface area contributed by atoms with Crippen molar-refractivity contribution >= 4 is 0 Å². The van der Waals surface area contributed by atoms with E-state index in [0.717, 1.165) is 31.0 Å². The summed E-state index contributed by atoms with van der Waals surface area (Å²) in [5.41, 5.74) is -0.317. The average molecular weight is 267 g/mol. The Morgan fingerprint density at radius 3 is 2.63 bits per heavy atom. The first-order valence-corrected chi connectivity index (χ1v) is 7.23. The molecule has 1 N–H and O–H groups in total. The molecule has 2 unspecified atom stereocenters.